The van der Waals surface area contributed by atoms with E-state index in [4.69, 9.17) is 4.74 Å². The van der Waals surface area contributed by atoms with Gasteiger partial charge < -0.3 is 15.0 Å². The topological polar surface area (TPSA) is 37.4 Å². The Labute approximate surface area is 108 Å². The van der Waals surface area contributed by atoms with Crippen LogP contribution in [0.3, 0.4) is 0 Å². The van der Waals surface area contributed by atoms with Crippen LogP contribution in [0.2, 0.25) is 0 Å². The van der Waals surface area contributed by atoms with Gasteiger partial charge in [-0.2, -0.15) is 0 Å². The maximum atomic E-state index is 5.36. The summed E-state index contributed by atoms with van der Waals surface area (Å²) < 4.78 is 5.36. The Morgan fingerprint density at radius 3 is 2.89 bits per heavy atom. The highest BCUT2D eigenvalue weighted by atomic mass is 16.5. The molecule has 0 spiro atoms. The average Bonchev–Trinajstić information content (AvgIpc) is 3.07. The molecule has 1 unspecified atom stereocenters. The summed E-state index contributed by atoms with van der Waals surface area (Å²) in [5, 5.41) is 3.70. The van der Waals surface area contributed by atoms with E-state index in [0.29, 0.717) is 18.5 Å². The predicted octanol–water partition coefficient (Wildman–Crippen LogP) is 1.81. The minimum atomic E-state index is 0.657. The van der Waals surface area contributed by atoms with E-state index in [9.17, 15) is 0 Å². The van der Waals surface area contributed by atoms with Gasteiger partial charge in [-0.15, -0.1) is 0 Å². The van der Waals surface area contributed by atoms with Crippen LogP contribution in [0.4, 0.5) is 5.69 Å². The molecule has 1 aliphatic carbocycles. The summed E-state index contributed by atoms with van der Waals surface area (Å²) in [5.74, 6) is 0.716. The van der Waals surface area contributed by atoms with Crippen molar-refractivity contribution >= 4 is 5.69 Å². The molecule has 2 fully saturated rings. The van der Waals surface area contributed by atoms with Crippen molar-refractivity contribution in [1.82, 2.24) is 10.3 Å². The van der Waals surface area contributed by atoms with Gasteiger partial charge in [-0.1, -0.05) is 0 Å². The Bertz CT molecular complexity index is 389. The van der Waals surface area contributed by atoms with Gasteiger partial charge in [-0.3, -0.25) is 0 Å². The Hall–Kier alpha value is -1.29. The molecule has 18 heavy (non-hydrogen) atoms. The highest BCUT2D eigenvalue weighted by molar-refractivity contribution is 5.46. The van der Waals surface area contributed by atoms with E-state index in [-0.39, 0.29) is 0 Å². The van der Waals surface area contributed by atoms with Crippen LogP contribution in [0.25, 0.3) is 0 Å². The molecule has 2 heterocycles. The summed E-state index contributed by atoms with van der Waals surface area (Å²) in [6.07, 6.45) is 5.89. The van der Waals surface area contributed by atoms with E-state index < -0.39 is 0 Å². The summed E-state index contributed by atoms with van der Waals surface area (Å²) in [4.78, 5) is 6.73. The molecule has 0 bridgehead atoms. The second-order valence-electron chi connectivity index (χ2n) is 5.16. The van der Waals surface area contributed by atoms with Gasteiger partial charge in [0.2, 0.25) is 5.88 Å². The zero-order valence-corrected chi connectivity index (χ0v) is 10.9. The van der Waals surface area contributed by atoms with Gasteiger partial charge in [0.05, 0.1) is 18.5 Å². The third-order valence-corrected chi connectivity index (χ3v) is 3.62. The summed E-state index contributed by atoms with van der Waals surface area (Å²) in [7, 11) is 0. The fraction of sp³-hybridized carbons (Fsp3) is 0.643. The average molecular weight is 247 g/mol. The molecule has 0 radical (unpaired) electrons. The lowest BCUT2D eigenvalue weighted by molar-refractivity contribution is 0.327. The van der Waals surface area contributed by atoms with Gasteiger partial charge in [-0.05, 0) is 32.3 Å². The van der Waals surface area contributed by atoms with Crippen LogP contribution in [0.1, 0.15) is 26.2 Å². The van der Waals surface area contributed by atoms with Crippen LogP contribution in [0, 0.1) is 0 Å². The monoisotopic (exact) mass is 247 g/mol. The molecule has 0 amide bonds. The number of aromatic nitrogens is 1. The number of anilines is 1. The third kappa shape index (κ3) is 2.75. The number of ether oxygens (including phenoxy) is 1. The molecular weight excluding hydrogens is 226 g/mol. The standard InChI is InChI=1S/C14H21N3O/c1-2-18-14-6-5-13(9-15-14)17-8-7-12(10-17)16-11-3-4-11/h5-6,9,11-12,16H,2-4,7-8,10H2,1H3. The van der Waals surface area contributed by atoms with Crippen molar-refractivity contribution in [2.24, 2.45) is 0 Å². The zero-order valence-electron chi connectivity index (χ0n) is 10.9. The number of nitrogens with zero attached hydrogens (tertiary/aromatic N) is 2. The summed E-state index contributed by atoms with van der Waals surface area (Å²) in [6, 6.07) is 5.52. The molecule has 4 heteroatoms. The fourth-order valence-corrected chi connectivity index (χ4v) is 2.51. The number of nitrogens with one attached hydrogen (secondary N) is 1. The molecule has 1 aromatic heterocycles. The normalized spacial score (nSPS) is 23.4. The predicted molar refractivity (Wildman–Crippen MR) is 72.2 cm³/mol. The Kier molecular flexibility index (Phi) is 3.37. The molecular formula is C14H21N3O. The molecule has 98 valence electrons. The van der Waals surface area contributed by atoms with Crippen molar-refractivity contribution in [3.8, 4) is 5.88 Å². The van der Waals surface area contributed by atoms with Crippen LogP contribution >= 0.6 is 0 Å². The van der Waals surface area contributed by atoms with Gasteiger partial charge in [0.15, 0.2) is 0 Å². The van der Waals surface area contributed by atoms with Crippen molar-refractivity contribution in [3.05, 3.63) is 18.3 Å². The summed E-state index contributed by atoms with van der Waals surface area (Å²) in [5.41, 5.74) is 1.21. The second kappa shape index (κ2) is 5.14. The maximum Gasteiger partial charge on any atom is 0.213 e. The quantitative estimate of drug-likeness (QED) is 0.861. The molecule has 2 aliphatic rings. The first-order valence-electron chi connectivity index (χ1n) is 6.95. The van der Waals surface area contributed by atoms with Crippen molar-refractivity contribution in [3.63, 3.8) is 0 Å². The van der Waals surface area contributed by atoms with Crippen LogP contribution in [-0.4, -0.2) is 36.8 Å². The van der Waals surface area contributed by atoms with Crippen molar-refractivity contribution in [2.75, 3.05) is 24.6 Å². The lowest BCUT2D eigenvalue weighted by Crippen LogP contribution is -2.33. The molecule has 1 N–H and O–H groups in total. The number of hydrogen-bond donors (Lipinski definition) is 1. The minimum absolute atomic E-state index is 0.657. The van der Waals surface area contributed by atoms with E-state index in [1.165, 1.54) is 24.9 Å². The molecule has 1 saturated heterocycles. The molecule has 4 nitrogen and oxygen atoms in total. The number of hydrogen-bond acceptors (Lipinski definition) is 4. The van der Waals surface area contributed by atoms with Crippen molar-refractivity contribution < 1.29 is 4.74 Å². The van der Waals surface area contributed by atoms with Gasteiger partial charge in [0.1, 0.15) is 0 Å². The molecule has 1 aliphatic heterocycles. The van der Waals surface area contributed by atoms with Crippen molar-refractivity contribution in [1.29, 1.82) is 0 Å². The summed E-state index contributed by atoms with van der Waals surface area (Å²) >= 11 is 0. The number of pyridine rings is 1. The third-order valence-electron chi connectivity index (χ3n) is 3.62. The highest BCUT2D eigenvalue weighted by Crippen LogP contribution is 2.25. The lowest BCUT2D eigenvalue weighted by atomic mass is 10.2. The van der Waals surface area contributed by atoms with Crippen LogP contribution < -0.4 is 15.0 Å². The molecule has 1 aromatic rings. The van der Waals surface area contributed by atoms with Gasteiger partial charge >= 0.3 is 0 Å². The highest BCUT2D eigenvalue weighted by Gasteiger charge is 2.29. The SMILES string of the molecule is CCOc1ccc(N2CCC(NC3CC3)C2)cn1. The van der Waals surface area contributed by atoms with Gasteiger partial charge in [0.25, 0.3) is 0 Å². The van der Waals surface area contributed by atoms with Gasteiger partial charge in [0, 0.05) is 31.2 Å². The molecule has 1 saturated carbocycles. The molecule has 3 rings (SSSR count). The smallest absolute Gasteiger partial charge is 0.213 e. The Morgan fingerprint density at radius 1 is 1.33 bits per heavy atom. The van der Waals surface area contributed by atoms with E-state index in [0.717, 1.165) is 19.1 Å². The zero-order chi connectivity index (χ0) is 12.4. The Morgan fingerprint density at radius 2 is 2.22 bits per heavy atom. The fourth-order valence-electron chi connectivity index (χ4n) is 2.51. The first-order chi connectivity index (χ1) is 8.85. The lowest BCUT2D eigenvalue weighted by Gasteiger charge is -2.18. The van der Waals surface area contributed by atoms with E-state index in [1.807, 2.05) is 19.2 Å². The van der Waals surface area contributed by atoms with Crippen LogP contribution in [0.5, 0.6) is 5.88 Å². The second-order valence-corrected chi connectivity index (χ2v) is 5.16. The summed E-state index contributed by atoms with van der Waals surface area (Å²) in [6.45, 7) is 4.87. The first kappa shape index (κ1) is 11.8. The van der Waals surface area contributed by atoms with Crippen LogP contribution in [0.15, 0.2) is 18.3 Å². The first-order valence-corrected chi connectivity index (χ1v) is 6.95. The molecule has 0 aromatic carbocycles. The minimum Gasteiger partial charge on any atom is -0.478 e. The van der Waals surface area contributed by atoms with E-state index in [1.54, 1.807) is 0 Å². The van der Waals surface area contributed by atoms with E-state index in [2.05, 4.69) is 21.3 Å². The largest absolute Gasteiger partial charge is 0.478 e. The van der Waals surface area contributed by atoms with E-state index >= 15 is 0 Å². The molecule has 1 atom stereocenters. The van der Waals surface area contributed by atoms with Gasteiger partial charge in [-0.25, -0.2) is 4.98 Å². The van der Waals surface area contributed by atoms with Crippen LogP contribution in [-0.2, 0) is 0 Å². The number of rotatable bonds is 5. The maximum absolute atomic E-state index is 5.36. The Balaban J connectivity index is 1.57. The van der Waals surface area contributed by atoms with Crippen molar-refractivity contribution in [2.45, 2.75) is 38.3 Å².